The molecule has 0 amide bonds. The monoisotopic (exact) mass is 577 g/mol. The van der Waals surface area contributed by atoms with Crippen molar-refractivity contribution in [1.29, 1.82) is 0 Å². The van der Waals surface area contributed by atoms with Crippen LogP contribution in [-0.2, 0) is 33.4 Å². The van der Waals surface area contributed by atoms with Crippen LogP contribution in [0.25, 0.3) is 11.4 Å². The van der Waals surface area contributed by atoms with Crippen LogP contribution < -0.4 is 10.2 Å². The molecular weight excluding hydrogens is 545 g/mol. The Balaban J connectivity index is 0.00000189. The van der Waals surface area contributed by atoms with Gasteiger partial charge in [0.15, 0.2) is 15.7 Å². The summed E-state index contributed by atoms with van der Waals surface area (Å²) in [6, 6.07) is 20.7. The molecule has 1 aliphatic rings. The number of benzene rings is 3. The Hall–Kier alpha value is -4.38. The van der Waals surface area contributed by atoms with E-state index in [1.807, 2.05) is 36.9 Å². The minimum atomic E-state index is -3.80. The van der Waals surface area contributed by atoms with E-state index in [2.05, 4.69) is 26.3 Å². The van der Waals surface area contributed by atoms with E-state index in [1.165, 1.54) is 29.8 Å². The maximum Gasteiger partial charge on any atom is 0.327 e. The number of fused-ring (bicyclic) bond motifs is 1. The number of sulfone groups is 1. The Bertz CT molecular complexity index is 1580. The second-order valence-electron chi connectivity index (χ2n) is 9.31. The zero-order valence-corrected chi connectivity index (χ0v) is 23.7. The minimum absolute atomic E-state index is 0.0829. The van der Waals surface area contributed by atoms with E-state index in [4.69, 9.17) is 0 Å². The first-order chi connectivity index (χ1) is 19.8. The molecule has 0 spiro atoms. The van der Waals surface area contributed by atoms with Gasteiger partial charge in [-0.3, -0.25) is 0 Å². The molecule has 0 saturated heterocycles. The van der Waals surface area contributed by atoms with Crippen LogP contribution in [0.1, 0.15) is 30.5 Å². The molecule has 9 nitrogen and oxygen atoms in total. The van der Waals surface area contributed by atoms with Crippen molar-refractivity contribution in [2.24, 2.45) is 0 Å². The van der Waals surface area contributed by atoms with Gasteiger partial charge in [-0.05, 0) is 47.4 Å². The van der Waals surface area contributed by atoms with Crippen molar-refractivity contribution in [3.05, 3.63) is 101 Å². The van der Waals surface area contributed by atoms with Crippen molar-refractivity contribution >= 4 is 27.7 Å². The predicted octanol–water partition coefficient (Wildman–Crippen LogP) is 4.75. The number of carbonyl (C=O) groups is 1. The lowest BCUT2D eigenvalue weighted by molar-refractivity contribution is -0.137. The number of rotatable bonds is 9. The van der Waals surface area contributed by atoms with Crippen LogP contribution in [0.3, 0.4) is 0 Å². The molecule has 41 heavy (non-hydrogen) atoms. The number of hydrogen-bond acceptors (Lipinski definition) is 8. The fraction of sp³-hybridized carbons (Fsp3) is 0.267. The Morgan fingerprint density at radius 1 is 0.951 bits per heavy atom. The zero-order chi connectivity index (χ0) is 29.4. The third-order valence-electron chi connectivity index (χ3n) is 6.39. The first-order valence-corrected chi connectivity index (χ1v) is 15.2. The smallest absolute Gasteiger partial charge is 0.327 e. The molecule has 2 N–H and O–H groups in total. The van der Waals surface area contributed by atoms with Gasteiger partial charge in [-0.25, -0.2) is 17.6 Å². The van der Waals surface area contributed by atoms with Crippen molar-refractivity contribution in [2.75, 3.05) is 22.5 Å². The SMILES string of the molecule is CC.O=C(O)[C@H](CS(=O)(=O)Cc1ccccc1)Nc1nc(-c2ccc(F)cc2)nc(N2CCc3ccccc3C2)n1. The maximum atomic E-state index is 13.6. The summed E-state index contributed by atoms with van der Waals surface area (Å²) in [5, 5.41) is 12.6. The highest BCUT2D eigenvalue weighted by Crippen LogP contribution is 2.25. The largest absolute Gasteiger partial charge is 0.480 e. The topological polar surface area (TPSA) is 125 Å². The van der Waals surface area contributed by atoms with E-state index in [0.717, 1.165) is 12.0 Å². The third-order valence-corrected chi connectivity index (χ3v) is 8.01. The molecule has 2 heterocycles. The zero-order valence-electron chi connectivity index (χ0n) is 22.9. The number of hydrogen-bond donors (Lipinski definition) is 2. The Morgan fingerprint density at radius 2 is 1.61 bits per heavy atom. The number of carboxylic acids is 1. The molecule has 0 radical (unpaired) electrons. The number of aliphatic carboxylic acids is 1. The Kier molecular flexibility index (Phi) is 9.61. The number of anilines is 2. The van der Waals surface area contributed by atoms with Crippen LogP contribution >= 0.6 is 0 Å². The fourth-order valence-corrected chi connectivity index (χ4v) is 5.99. The van der Waals surface area contributed by atoms with E-state index in [-0.39, 0.29) is 17.5 Å². The van der Waals surface area contributed by atoms with Crippen molar-refractivity contribution in [3.63, 3.8) is 0 Å². The molecule has 4 aromatic rings. The van der Waals surface area contributed by atoms with Crippen molar-refractivity contribution in [3.8, 4) is 11.4 Å². The summed E-state index contributed by atoms with van der Waals surface area (Å²) >= 11 is 0. The van der Waals surface area contributed by atoms with Crippen LogP contribution in [-0.4, -0.2) is 52.8 Å². The number of carboxylic acid groups (broad SMARTS) is 1. The molecule has 11 heteroatoms. The highest BCUT2D eigenvalue weighted by Gasteiger charge is 2.28. The van der Waals surface area contributed by atoms with Crippen molar-refractivity contribution < 1.29 is 22.7 Å². The van der Waals surface area contributed by atoms with Crippen LogP contribution in [0.15, 0.2) is 78.9 Å². The molecule has 1 aliphatic heterocycles. The minimum Gasteiger partial charge on any atom is -0.480 e. The normalized spacial score (nSPS) is 13.4. The van der Waals surface area contributed by atoms with E-state index in [0.29, 0.717) is 30.2 Å². The molecule has 5 rings (SSSR count). The van der Waals surface area contributed by atoms with E-state index >= 15 is 0 Å². The van der Waals surface area contributed by atoms with Crippen LogP contribution in [0, 0.1) is 5.82 Å². The lowest BCUT2D eigenvalue weighted by Gasteiger charge is -2.29. The van der Waals surface area contributed by atoms with Crippen LogP contribution in [0.5, 0.6) is 0 Å². The van der Waals surface area contributed by atoms with Crippen LogP contribution in [0.4, 0.5) is 16.3 Å². The van der Waals surface area contributed by atoms with Crippen LogP contribution in [0.2, 0.25) is 0 Å². The lowest BCUT2D eigenvalue weighted by Crippen LogP contribution is -2.38. The van der Waals surface area contributed by atoms with E-state index in [9.17, 15) is 22.7 Å². The van der Waals surface area contributed by atoms with Gasteiger partial charge >= 0.3 is 5.97 Å². The molecule has 0 unspecified atom stereocenters. The molecule has 0 saturated carbocycles. The van der Waals surface area contributed by atoms with Gasteiger partial charge in [-0.2, -0.15) is 15.0 Å². The summed E-state index contributed by atoms with van der Waals surface area (Å²) in [6.45, 7) is 5.16. The molecule has 1 atom stereocenters. The summed E-state index contributed by atoms with van der Waals surface area (Å²) in [5.41, 5.74) is 3.42. The molecule has 0 aliphatic carbocycles. The maximum absolute atomic E-state index is 13.6. The number of nitrogens with zero attached hydrogens (tertiary/aromatic N) is 4. The number of aromatic nitrogens is 3. The average Bonchev–Trinajstić information content (AvgIpc) is 2.98. The molecular formula is C30H32FN5O4S. The van der Waals surface area contributed by atoms with Gasteiger partial charge < -0.3 is 15.3 Å². The van der Waals surface area contributed by atoms with E-state index < -0.39 is 33.4 Å². The molecule has 214 valence electrons. The predicted molar refractivity (Wildman–Crippen MR) is 157 cm³/mol. The van der Waals surface area contributed by atoms with Gasteiger partial charge in [-0.1, -0.05) is 68.4 Å². The van der Waals surface area contributed by atoms with Gasteiger partial charge in [0.1, 0.15) is 11.9 Å². The van der Waals surface area contributed by atoms with Gasteiger partial charge in [-0.15, -0.1) is 0 Å². The molecule has 0 fully saturated rings. The summed E-state index contributed by atoms with van der Waals surface area (Å²) < 4.78 is 39.3. The summed E-state index contributed by atoms with van der Waals surface area (Å²) in [6.07, 6.45) is 0.770. The highest BCUT2D eigenvalue weighted by atomic mass is 32.2. The summed E-state index contributed by atoms with van der Waals surface area (Å²) in [4.78, 5) is 27.5. The van der Waals surface area contributed by atoms with Gasteiger partial charge in [0.25, 0.3) is 0 Å². The first kappa shape index (κ1) is 29.6. The van der Waals surface area contributed by atoms with Crippen molar-refractivity contribution in [1.82, 2.24) is 15.0 Å². The van der Waals surface area contributed by atoms with E-state index in [1.54, 1.807) is 30.3 Å². The Labute approximate surface area is 239 Å². The Morgan fingerprint density at radius 3 is 2.29 bits per heavy atom. The third kappa shape index (κ3) is 7.85. The van der Waals surface area contributed by atoms with Gasteiger partial charge in [0.2, 0.25) is 11.9 Å². The van der Waals surface area contributed by atoms with Gasteiger partial charge in [0.05, 0.1) is 11.5 Å². The second-order valence-corrected chi connectivity index (χ2v) is 11.4. The summed E-state index contributed by atoms with van der Waals surface area (Å²) in [5.74, 6) is -2.31. The highest BCUT2D eigenvalue weighted by molar-refractivity contribution is 7.90. The molecule has 1 aromatic heterocycles. The van der Waals surface area contributed by atoms with Gasteiger partial charge in [0, 0.05) is 18.7 Å². The standard InChI is InChI=1S/C28H26FN5O4S.C2H6/c29-23-12-10-21(11-13-23)25-31-27(33-28(32-25)34-15-14-20-8-4-5-9-22(20)16-34)30-24(26(35)36)18-39(37,38)17-19-6-2-1-3-7-19;1-2/h1-13,24H,14-18H2,(H,35,36)(H,30,31,32,33);1-2H3/t24-;/m0./s1. The molecule has 0 bridgehead atoms. The van der Waals surface area contributed by atoms with Crippen molar-refractivity contribution in [2.45, 2.75) is 38.6 Å². The average molecular weight is 578 g/mol. The quantitative estimate of drug-likeness (QED) is 0.290. The fourth-order valence-electron chi connectivity index (χ4n) is 4.44. The lowest BCUT2D eigenvalue weighted by atomic mass is 10.0. The first-order valence-electron chi connectivity index (χ1n) is 13.3. The number of nitrogens with one attached hydrogen (secondary N) is 1. The summed E-state index contributed by atoms with van der Waals surface area (Å²) in [7, 11) is -3.80. The number of halogens is 1. The molecule has 3 aromatic carbocycles. The second kappa shape index (κ2) is 13.3.